The Morgan fingerprint density at radius 3 is 3.00 bits per heavy atom. The fourth-order valence-corrected chi connectivity index (χ4v) is 2.40. The first-order valence-electron chi connectivity index (χ1n) is 6.22. The van der Waals surface area contributed by atoms with Gasteiger partial charge in [-0.1, -0.05) is 44.4 Å². The molecule has 82 valence electrons. The number of anilines is 1. The summed E-state index contributed by atoms with van der Waals surface area (Å²) in [5.74, 6) is 0.853. The van der Waals surface area contributed by atoms with Crippen molar-refractivity contribution in [3.8, 4) is 0 Å². The fraction of sp³-hybridized carbons (Fsp3) is 0.571. The Bertz CT molecular complexity index is 306. The number of rotatable bonds is 4. The third kappa shape index (κ3) is 2.74. The van der Waals surface area contributed by atoms with Crippen molar-refractivity contribution >= 4 is 5.69 Å². The zero-order chi connectivity index (χ0) is 10.5. The summed E-state index contributed by atoms with van der Waals surface area (Å²) in [5, 5.41) is 3.54. The van der Waals surface area contributed by atoms with Crippen LogP contribution in [0.4, 0.5) is 5.69 Å². The zero-order valence-corrected chi connectivity index (χ0v) is 9.63. The molecule has 0 saturated carbocycles. The molecule has 1 aromatic carbocycles. The van der Waals surface area contributed by atoms with Crippen molar-refractivity contribution in [1.82, 2.24) is 0 Å². The summed E-state index contributed by atoms with van der Waals surface area (Å²) >= 11 is 0. The van der Waals surface area contributed by atoms with Gasteiger partial charge < -0.3 is 5.32 Å². The van der Waals surface area contributed by atoms with Gasteiger partial charge >= 0.3 is 0 Å². The Morgan fingerprint density at radius 2 is 2.13 bits per heavy atom. The summed E-state index contributed by atoms with van der Waals surface area (Å²) in [7, 11) is 0. The fourth-order valence-electron chi connectivity index (χ4n) is 2.40. The van der Waals surface area contributed by atoms with Crippen molar-refractivity contribution in [1.29, 1.82) is 0 Å². The highest BCUT2D eigenvalue weighted by molar-refractivity contribution is 5.53. The molecule has 1 heteroatoms. The van der Waals surface area contributed by atoms with Crippen molar-refractivity contribution in [2.24, 2.45) is 5.92 Å². The molecule has 1 N–H and O–H groups in total. The maximum atomic E-state index is 3.54. The Labute approximate surface area is 92.9 Å². The van der Waals surface area contributed by atoms with Crippen LogP contribution in [-0.2, 0) is 6.42 Å². The van der Waals surface area contributed by atoms with E-state index < -0.39 is 0 Å². The van der Waals surface area contributed by atoms with Crippen LogP contribution in [0.25, 0.3) is 0 Å². The molecule has 0 radical (unpaired) electrons. The molecule has 1 aliphatic rings. The lowest BCUT2D eigenvalue weighted by Crippen LogP contribution is -2.22. The molecule has 0 aromatic heterocycles. The second kappa shape index (κ2) is 5.20. The van der Waals surface area contributed by atoms with Crippen molar-refractivity contribution in [3.63, 3.8) is 0 Å². The zero-order valence-electron chi connectivity index (χ0n) is 9.63. The monoisotopic (exact) mass is 203 g/mol. The standard InChI is InChI=1S/C14H21N/c1-2-3-4-7-12-10-13-8-5-6-9-14(13)15-11-12/h5-6,8-9,12,15H,2-4,7,10-11H2,1H3. The van der Waals surface area contributed by atoms with Crippen LogP contribution < -0.4 is 5.32 Å². The van der Waals surface area contributed by atoms with E-state index in [1.54, 1.807) is 0 Å². The highest BCUT2D eigenvalue weighted by atomic mass is 14.9. The molecule has 0 fully saturated rings. The maximum absolute atomic E-state index is 3.54. The minimum absolute atomic E-state index is 0.853. The van der Waals surface area contributed by atoms with E-state index in [0.717, 1.165) is 5.92 Å². The van der Waals surface area contributed by atoms with Gasteiger partial charge in [-0.15, -0.1) is 0 Å². The Hall–Kier alpha value is -0.980. The predicted molar refractivity (Wildman–Crippen MR) is 66.3 cm³/mol. The van der Waals surface area contributed by atoms with Gasteiger partial charge in [0.25, 0.3) is 0 Å². The van der Waals surface area contributed by atoms with Crippen LogP contribution in [0, 0.1) is 5.92 Å². The third-order valence-corrected chi connectivity index (χ3v) is 3.32. The number of para-hydroxylation sites is 1. The second-order valence-corrected chi connectivity index (χ2v) is 4.60. The molecule has 0 spiro atoms. The number of hydrogen-bond donors (Lipinski definition) is 1. The SMILES string of the molecule is CCCCCC1CNc2ccccc2C1. The van der Waals surface area contributed by atoms with Crippen LogP contribution in [0.5, 0.6) is 0 Å². The van der Waals surface area contributed by atoms with Crippen LogP contribution in [0.15, 0.2) is 24.3 Å². The molecular weight excluding hydrogens is 182 g/mol. The molecule has 0 amide bonds. The summed E-state index contributed by atoms with van der Waals surface area (Å²) in [4.78, 5) is 0. The Kier molecular flexibility index (Phi) is 3.65. The van der Waals surface area contributed by atoms with Gasteiger partial charge in [0.2, 0.25) is 0 Å². The second-order valence-electron chi connectivity index (χ2n) is 4.60. The van der Waals surface area contributed by atoms with Crippen molar-refractivity contribution < 1.29 is 0 Å². The number of benzene rings is 1. The van der Waals surface area contributed by atoms with Crippen molar-refractivity contribution in [3.05, 3.63) is 29.8 Å². The van der Waals surface area contributed by atoms with Gasteiger partial charge in [0.1, 0.15) is 0 Å². The molecule has 0 bridgehead atoms. The van der Waals surface area contributed by atoms with Crippen LogP contribution in [0.2, 0.25) is 0 Å². The minimum Gasteiger partial charge on any atom is -0.385 e. The third-order valence-electron chi connectivity index (χ3n) is 3.32. The first-order valence-corrected chi connectivity index (χ1v) is 6.22. The first-order chi connectivity index (χ1) is 7.40. The molecule has 1 aliphatic heterocycles. The molecule has 0 aliphatic carbocycles. The topological polar surface area (TPSA) is 12.0 Å². The van der Waals surface area contributed by atoms with E-state index in [2.05, 4.69) is 36.5 Å². The molecule has 0 saturated heterocycles. The van der Waals surface area contributed by atoms with Crippen LogP contribution in [0.1, 0.15) is 38.2 Å². The van der Waals surface area contributed by atoms with E-state index in [1.165, 1.54) is 49.9 Å². The van der Waals surface area contributed by atoms with Crippen molar-refractivity contribution in [2.45, 2.75) is 39.0 Å². The molecule has 1 nitrogen and oxygen atoms in total. The van der Waals surface area contributed by atoms with E-state index in [-0.39, 0.29) is 0 Å². The van der Waals surface area contributed by atoms with E-state index in [4.69, 9.17) is 0 Å². The lowest BCUT2D eigenvalue weighted by atomic mass is 9.90. The van der Waals surface area contributed by atoms with E-state index in [9.17, 15) is 0 Å². The number of fused-ring (bicyclic) bond motifs is 1. The number of hydrogen-bond acceptors (Lipinski definition) is 1. The van der Waals surface area contributed by atoms with Gasteiger partial charge in [-0.3, -0.25) is 0 Å². The summed E-state index contributed by atoms with van der Waals surface area (Å²) < 4.78 is 0. The summed E-state index contributed by atoms with van der Waals surface area (Å²) in [6, 6.07) is 8.71. The average molecular weight is 203 g/mol. The van der Waals surface area contributed by atoms with Crippen LogP contribution >= 0.6 is 0 Å². The molecular formula is C14H21N. The van der Waals surface area contributed by atoms with Crippen LogP contribution in [-0.4, -0.2) is 6.54 Å². The van der Waals surface area contributed by atoms with Gasteiger partial charge in [-0.25, -0.2) is 0 Å². The summed E-state index contributed by atoms with van der Waals surface area (Å²) in [6.07, 6.45) is 6.77. The summed E-state index contributed by atoms with van der Waals surface area (Å²) in [5.41, 5.74) is 2.86. The van der Waals surface area contributed by atoms with Gasteiger partial charge in [-0.2, -0.15) is 0 Å². The van der Waals surface area contributed by atoms with E-state index in [1.807, 2.05) is 0 Å². The van der Waals surface area contributed by atoms with Crippen LogP contribution in [0.3, 0.4) is 0 Å². The highest BCUT2D eigenvalue weighted by Crippen LogP contribution is 2.26. The summed E-state index contributed by atoms with van der Waals surface area (Å²) in [6.45, 7) is 3.44. The molecule has 1 heterocycles. The van der Waals surface area contributed by atoms with Gasteiger partial charge in [-0.05, 0) is 30.4 Å². The average Bonchev–Trinajstić information content (AvgIpc) is 2.29. The number of unbranched alkanes of at least 4 members (excludes halogenated alkanes) is 2. The van der Waals surface area contributed by atoms with Gasteiger partial charge in [0.05, 0.1) is 0 Å². The molecule has 1 aromatic rings. The Morgan fingerprint density at radius 1 is 1.27 bits per heavy atom. The Balaban J connectivity index is 1.88. The first kappa shape index (κ1) is 10.5. The predicted octanol–water partition coefficient (Wildman–Crippen LogP) is 3.85. The smallest absolute Gasteiger partial charge is 0.0372 e. The molecule has 1 unspecified atom stereocenters. The van der Waals surface area contributed by atoms with Gasteiger partial charge in [0.15, 0.2) is 0 Å². The van der Waals surface area contributed by atoms with E-state index in [0.29, 0.717) is 0 Å². The van der Waals surface area contributed by atoms with Gasteiger partial charge in [0, 0.05) is 12.2 Å². The number of nitrogens with one attached hydrogen (secondary N) is 1. The maximum Gasteiger partial charge on any atom is 0.0372 e. The normalized spacial score (nSPS) is 19.4. The molecule has 2 rings (SSSR count). The van der Waals surface area contributed by atoms with Crippen molar-refractivity contribution in [2.75, 3.05) is 11.9 Å². The highest BCUT2D eigenvalue weighted by Gasteiger charge is 2.16. The van der Waals surface area contributed by atoms with E-state index >= 15 is 0 Å². The minimum atomic E-state index is 0.853. The largest absolute Gasteiger partial charge is 0.385 e. The molecule has 1 atom stereocenters. The lowest BCUT2D eigenvalue weighted by molar-refractivity contribution is 0.466. The lowest BCUT2D eigenvalue weighted by Gasteiger charge is -2.26. The quantitative estimate of drug-likeness (QED) is 0.733. The molecule has 15 heavy (non-hydrogen) atoms.